The van der Waals surface area contributed by atoms with E-state index in [-0.39, 0.29) is 11.8 Å². The summed E-state index contributed by atoms with van der Waals surface area (Å²) in [4.78, 5) is 33.2. The Morgan fingerprint density at radius 1 is 0.935 bits per heavy atom. The number of aryl methyl sites for hydroxylation is 2. The summed E-state index contributed by atoms with van der Waals surface area (Å²) in [6.45, 7) is 12.2. The highest BCUT2D eigenvalue weighted by atomic mass is 35.5. The van der Waals surface area contributed by atoms with E-state index in [1.165, 1.54) is 4.90 Å². The summed E-state index contributed by atoms with van der Waals surface area (Å²) in [5.41, 5.74) is 5.21. The van der Waals surface area contributed by atoms with Crippen LogP contribution in [-0.4, -0.2) is 54.3 Å². The molecule has 1 saturated heterocycles. The van der Waals surface area contributed by atoms with Crippen LogP contribution in [0.1, 0.15) is 29.2 Å². The standard InChI is InChI=1S/C25H28ClN3O2/c1-5-27-11-13-28(14-12-27)23-22(19-10-9-16(2)15-17(19)3)24(30)29(25(23)31)21-8-6-7-20(26)18(21)4/h6-10,15H,5,11-14H2,1-4H3. The largest absolute Gasteiger partial charge is 0.364 e. The zero-order valence-electron chi connectivity index (χ0n) is 18.5. The van der Waals surface area contributed by atoms with Gasteiger partial charge in [-0.25, -0.2) is 4.90 Å². The summed E-state index contributed by atoms with van der Waals surface area (Å²) in [6.07, 6.45) is 0. The second kappa shape index (κ2) is 8.48. The van der Waals surface area contributed by atoms with Gasteiger partial charge >= 0.3 is 0 Å². The van der Waals surface area contributed by atoms with Crippen LogP contribution in [0.4, 0.5) is 5.69 Å². The highest BCUT2D eigenvalue weighted by Crippen LogP contribution is 2.38. The van der Waals surface area contributed by atoms with Crippen LogP contribution in [0.5, 0.6) is 0 Å². The maximum atomic E-state index is 13.8. The molecule has 2 heterocycles. The van der Waals surface area contributed by atoms with Gasteiger partial charge in [-0.15, -0.1) is 0 Å². The molecule has 5 nitrogen and oxygen atoms in total. The van der Waals surface area contributed by atoms with E-state index in [9.17, 15) is 9.59 Å². The highest BCUT2D eigenvalue weighted by molar-refractivity contribution is 6.46. The van der Waals surface area contributed by atoms with Gasteiger partial charge in [0.2, 0.25) is 0 Å². The van der Waals surface area contributed by atoms with E-state index in [4.69, 9.17) is 11.6 Å². The third kappa shape index (κ3) is 3.77. The number of imide groups is 1. The molecule has 2 aliphatic heterocycles. The van der Waals surface area contributed by atoms with Crippen molar-refractivity contribution in [3.05, 3.63) is 69.4 Å². The Bertz CT molecular complexity index is 1080. The fourth-order valence-electron chi connectivity index (χ4n) is 4.49. The Balaban J connectivity index is 1.84. The number of carbonyl (C=O) groups excluding carboxylic acids is 2. The molecule has 0 saturated carbocycles. The molecule has 0 bridgehead atoms. The Kier molecular flexibility index (Phi) is 5.91. The molecule has 162 valence electrons. The molecule has 2 amide bonds. The van der Waals surface area contributed by atoms with E-state index >= 15 is 0 Å². The molecule has 0 N–H and O–H groups in total. The number of anilines is 1. The van der Waals surface area contributed by atoms with E-state index in [1.807, 2.05) is 32.9 Å². The number of piperazine rings is 1. The molecule has 0 aromatic heterocycles. The molecule has 0 aliphatic carbocycles. The van der Waals surface area contributed by atoms with Gasteiger partial charge in [0.05, 0.1) is 11.3 Å². The normalized spacial score (nSPS) is 17.8. The summed E-state index contributed by atoms with van der Waals surface area (Å²) in [5, 5.41) is 0.538. The number of nitrogens with zero attached hydrogens (tertiary/aromatic N) is 3. The maximum absolute atomic E-state index is 13.8. The SMILES string of the molecule is CCN1CCN(C2=C(c3ccc(C)cc3C)C(=O)N(c3cccc(Cl)c3C)C2=O)CC1. The van der Waals surface area contributed by atoms with Crippen molar-refractivity contribution in [1.82, 2.24) is 9.80 Å². The molecule has 0 unspecified atom stereocenters. The van der Waals surface area contributed by atoms with E-state index in [0.717, 1.165) is 55.0 Å². The minimum atomic E-state index is -0.282. The van der Waals surface area contributed by atoms with Crippen LogP contribution in [0.25, 0.3) is 5.57 Å². The fourth-order valence-corrected chi connectivity index (χ4v) is 4.66. The van der Waals surface area contributed by atoms with Crippen molar-refractivity contribution in [2.24, 2.45) is 0 Å². The Morgan fingerprint density at radius 2 is 1.65 bits per heavy atom. The number of hydrogen-bond acceptors (Lipinski definition) is 4. The van der Waals surface area contributed by atoms with Gasteiger partial charge in [0.15, 0.2) is 0 Å². The van der Waals surface area contributed by atoms with Gasteiger partial charge in [0, 0.05) is 31.2 Å². The average molecular weight is 438 g/mol. The van der Waals surface area contributed by atoms with Crippen LogP contribution >= 0.6 is 11.6 Å². The fraction of sp³-hybridized carbons (Fsp3) is 0.360. The maximum Gasteiger partial charge on any atom is 0.282 e. The second-order valence-electron chi connectivity index (χ2n) is 8.29. The first-order valence-corrected chi connectivity index (χ1v) is 11.1. The first-order valence-electron chi connectivity index (χ1n) is 10.8. The van der Waals surface area contributed by atoms with Crippen LogP contribution in [-0.2, 0) is 9.59 Å². The van der Waals surface area contributed by atoms with Gasteiger partial charge < -0.3 is 9.80 Å². The van der Waals surface area contributed by atoms with E-state index in [0.29, 0.717) is 22.0 Å². The van der Waals surface area contributed by atoms with Gasteiger partial charge in [-0.1, -0.05) is 48.4 Å². The van der Waals surface area contributed by atoms with Crippen molar-refractivity contribution in [1.29, 1.82) is 0 Å². The summed E-state index contributed by atoms with van der Waals surface area (Å²) >= 11 is 6.32. The Morgan fingerprint density at radius 3 is 2.29 bits per heavy atom. The monoisotopic (exact) mass is 437 g/mol. The number of benzene rings is 2. The first-order chi connectivity index (χ1) is 14.8. The van der Waals surface area contributed by atoms with Gasteiger partial charge in [-0.3, -0.25) is 9.59 Å². The lowest BCUT2D eigenvalue weighted by molar-refractivity contribution is -0.120. The number of likely N-dealkylation sites (N-methyl/N-ethyl adjacent to an activating group) is 1. The van der Waals surface area contributed by atoms with Crippen molar-refractivity contribution in [2.75, 3.05) is 37.6 Å². The molecule has 6 heteroatoms. The Labute approximate surface area is 188 Å². The third-order valence-corrected chi connectivity index (χ3v) is 6.74. The van der Waals surface area contributed by atoms with Gasteiger partial charge in [0.25, 0.3) is 11.8 Å². The molecule has 2 aromatic carbocycles. The number of halogens is 1. The average Bonchev–Trinajstić information content (AvgIpc) is 3.00. The summed E-state index contributed by atoms with van der Waals surface area (Å²) in [7, 11) is 0. The summed E-state index contributed by atoms with van der Waals surface area (Å²) in [5.74, 6) is -0.550. The van der Waals surface area contributed by atoms with Crippen LogP contribution in [0, 0.1) is 20.8 Å². The number of hydrogen-bond donors (Lipinski definition) is 0. The zero-order chi connectivity index (χ0) is 22.3. The quantitative estimate of drug-likeness (QED) is 0.673. The molecular formula is C25H28ClN3O2. The minimum Gasteiger partial charge on any atom is -0.364 e. The first kappa shape index (κ1) is 21.6. The smallest absolute Gasteiger partial charge is 0.282 e. The molecule has 0 spiro atoms. The molecular weight excluding hydrogens is 410 g/mol. The zero-order valence-corrected chi connectivity index (χ0v) is 19.3. The molecule has 1 fully saturated rings. The lowest BCUT2D eigenvalue weighted by atomic mass is 9.97. The van der Waals surface area contributed by atoms with E-state index in [1.54, 1.807) is 18.2 Å². The molecule has 0 atom stereocenters. The van der Waals surface area contributed by atoms with Crippen molar-refractivity contribution < 1.29 is 9.59 Å². The Hall–Kier alpha value is -2.63. The lowest BCUT2D eigenvalue weighted by Crippen LogP contribution is -2.47. The summed E-state index contributed by atoms with van der Waals surface area (Å²) in [6, 6.07) is 11.3. The highest BCUT2D eigenvalue weighted by Gasteiger charge is 2.43. The van der Waals surface area contributed by atoms with Gasteiger partial charge in [-0.05, 0) is 56.1 Å². The number of amides is 2. The summed E-state index contributed by atoms with van der Waals surface area (Å²) < 4.78 is 0. The van der Waals surface area contributed by atoms with Gasteiger partial charge in [0.1, 0.15) is 5.70 Å². The van der Waals surface area contributed by atoms with Crippen molar-refractivity contribution >= 4 is 34.7 Å². The lowest BCUT2D eigenvalue weighted by Gasteiger charge is -2.36. The second-order valence-corrected chi connectivity index (χ2v) is 8.70. The van der Waals surface area contributed by atoms with Crippen molar-refractivity contribution in [2.45, 2.75) is 27.7 Å². The number of rotatable bonds is 4. The van der Waals surface area contributed by atoms with E-state index in [2.05, 4.69) is 22.8 Å². The number of carbonyl (C=O) groups is 2. The topological polar surface area (TPSA) is 43.9 Å². The minimum absolute atomic E-state index is 0.268. The molecule has 0 radical (unpaired) electrons. The predicted molar refractivity (Wildman–Crippen MR) is 125 cm³/mol. The predicted octanol–water partition coefficient (Wildman–Crippen LogP) is 4.19. The van der Waals surface area contributed by atoms with Crippen LogP contribution in [0.2, 0.25) is 5.02 Å². The molecule has 2 aromatic rings. The van der Waals surface area contributed by atoms with Crippen molar-refractivity contribution in [3.8, 4) is 0 Å². The third-order valence-electron chi connectivity index (χ3n) is 6.33. The van der Waals surface area contributed by atoms with E-state index < -0.39 is 0 Å². The van der Waals surface area contributed by atoms with Gasteiger partial charge in [-0.2, -0.15) is 0 Å². The van der Waals surface area contributed by atoms with Crippen LogP contribution < -0.4 is 4.90 Å². The molecule has 31 heavy (non-hydrogen) atoms. The van der Waals surface area contributed by atoms with Crippen LogP contribution in [0.15, 0.2) is 42.1 Å². The van der Waals surface area contributed by atoms with Crippen LogP contribution in [0.3, 0.4) is 0 Å². The molecule has 4 rings (SSSR count). The molecule has 2 aliphatic rings. The van der Waals surface area contributed by atoms with Crippen molar-refractivity contribution in [3.63, 3.8) is 0 Å².